The summed E-state index contributed by atoms with van der Waals surface area (Å²) in [6.07, 6.45) is 8.85. The molecule has 0 fully saturated rings. The number of benzene rings is 3. The van der Waals surface area contributed by atoms with E-state index < -0.39 is 0 Å². The first-order chi connectivity index (χ1) is 15.3. The van der Waals surface area contributed by atoms with E-state index in [4.69, 9.17) is 4.98 Å². The van der Waals surface area contributed by atoms with E-state index >= 15 is 0 Å². The molecule has 0 N–H and O–H groups in total. The average molecular weight is 403 g/mol. The fourth-order valence-electron chi connectivity index (χ4n) is 4.96. The summed E-state index contributed by atoms with van der Waals surface area (Å²) in [6.45, 7) is 0. The fourth-order valence-corrected chi connectivity index (χ4v) is 4.96. The van der Waals surface area contributed by atoms with Crippen molar-refractivity contribution < 1.29 is 0 Å². The molecule has 3 heterocycles. The molecule has 4 nitrogen and oxygen atoms in total. The van der Waals surface area contributed by atoms with E-state index in [2.05, 4.69) is 94.7 Å². The largest absolute Gasteiger partial charge is 0.316 e. The van der Waals surface area contributed by atoms with Crippen LogP contribution in [0.1, 0.15) is 16.7 Å². The smallest absolute Gasteiger partial charge is 0.141 e. The molecule has 0 radical (unpaired) electrons. The number of imidazole rings is 1. The van der Waals surface area contributed by atoms with E-state index in [1.165, 1.54) is 27.8 Å². The van der Waals surface area contributed by atoms with E-state index in [0.717, 1.165) is 17.8 Å². The maximum absolute atomic E-state index is 4.72. The van der Waals surface area contributed by atoms with E-state index in [-0.39, 0.29) is 5.54 Å². The minimum atomic E-state index is -0.336. The molecule has 1 atom stereocenters. The van der Waals surface area contributed by atoms with Crippen molar-refractivity contribution in [3.05, 3.63) is 120 Å². The zero-order valence-corrected chi connectivity index (χ0v) is 17.3. The molecule has 2 aromatic heterocycles. The number of aryl methyl sites for hydroxylation is 1. The Kier molecular flexibility index (Phi) is 3.93. The molecule has 1 unspecified atom stereocenters. The van der Waals surface area contributed by atoms with Crippen LogP contribution in [0.5, 0.6) is 0 Å². The van der Waals surface area contributed by atoms with Gasteiger partial charge in [0.25, 0.3) is 0 Å². The van der Waals surface area contributed by atoms with Crippen molar-refractivity contribution in [3.8, 4) is 22.5 Å². The van der Waals surface area contributed by atoms with Crippen molar-refractivity contribution in [1.82, 2.24) is 19.3 Å². The maximum atomic E-state index is 4.72. The summed E-state index contributed by atoms with van der Waals surface area (Å²) < 4.78 is 4.19. The van der Waals surface area contributed by atoms with Crippen molar-refractivity contribution in [2.24, 2.45) is 7.05 Å². The summed E-state index contributed by atoms with van der Waals surface area (Å²) in [7, 11) is 1.95. The minimum absolute atomic E-state index is 0.336. The highest BCUT2D eigenvalue weighted by Gasteiger charge is 2.44. The molecule has 0 saturated carbocycles. The van der Waals surface area contributed by atoms with Gasteiger partial charge in [0.1, 0.15) is 11.4 Å². The average Bonchev–Trinajstić information content (AvgIpc) is 3.52. The zero-order valence-electron chi connectivity index (χ0n) is 17.3. The molecule has 0 aliphatic carbocycles. The van der Waals surface area contributed by atoms with Crippen molar-refractivity contribution in [1.29, 1.82) is 0 Å². The summed E-state index contributed by atoms with van der Waals surface area (Å²) in [6, 6.07) is 28.3. The van der Waals surface area contributed by atoms with Crippen molar-refractivity contribution >= 4 is 0 Å². The Balaban J connectivity index is 1.56. The first-order valence-corrected chi connectivity index (χ1v) is 10.5. The van der Waals surface area contributed by atoms with Crippen LogP contribution in [-0.4, -0.2) is 19.3 Å². The molecule has 0 saturated heterocycles. The summed E-state index contributed by atoms with van der Waals surface area (Å²) in [4.78, 5) is 4.72. The van der Waals surface area contributed by atoms with Gasteiger partial charge in [-0.05, 0) is 22.3 Å². The molecule has 0 amide bonds. The summed E-state index contributed by atoms with van der Waals surface area (Å²) in [5.74, 6) is 1.03. The van der Waals surface area contributed by atoms with E-state index in [1.54, 1.807) is 0 Å². The van der Waals surface area contributed by atoms with Gasteiger partial charge in [-0.25, -0.2) is 4.98 Å². The lowest BCUT2D eigenvalue weighted by molar-refractivity contribution is 0.450. The first-order valence-electron chi connectivity index (χ1n) is 10.5. The standard InChI is InChI=1S/C27H22N4/c1-30-19-22(18-29-30)21-11-13-23(14-12-21)27(17-20-7-3-2-4-8-20)25-10-6-5-9-24(25)26-28-15-16-31(26)27/h2-16,18-19H,17H2,1H3. The van der Waals surface area contributed by atoms with Gasteiger partial charge in [0, 0.05) is 43.2 Å². The summed E-state index contributed by atoms with van der Waals surface area (Å²) >= 11 is 0. The van der Waals surface area contributed by atoms with Gasteiger partial charge in [0.15, 0.2) is 0 Å². The molecule has 150 valence electrons. The number of rotatable bonds is 4. The van der Waals surface area contributed by atoms with Crippen LogP contribution in [0.4, 0.5) is 0 Å². The van der Waals surface area contributed by atoms with Crippen LogP contribution < -0.4 is 0 Å². The molecular weight excluding hydrogens is 380 g/mol. The predicted octanol–water partition coefficient (Wildman–Crippen LogP) is 5.30. The highest BCUT2D eigenvalue weighted by Crippen LogP contribution is 2.48. The van der Waals surface area contributed by atoms with Gasteiger partial charge in [0.2, 0.25) is 0 Å². The van der Waals surface area contributed by atoms with Gasteiger partial charge in [-0.15, -0.1) is 0 Å². The van der Waals surface area contributed by atoms with Crippen LogP contribution in [0.25, 0.3) is 22.5 Å². The fraction of sp³-hybridized carbons (Fsp3) is 0.111. The molecule has 31 heavy (non-hydrogen) atoms. The quantitative estimate of drug-likeness (QED) is 0.409. The second kappa shape index (κ2) is 6.81. The highest BCUT2D eigenvalue weighted by atomic mass is 15.2. The minimum Gasteiger partial charge on any atom is -0.316 e. The number of hydrogen-bond acceptors (Lipinski definition) is 2. The van der Waals surface area contributed by atoms with Crippen LogP contribution in [0.15, 0.2) is 104 Å². The second-order valence-electron chi connectivity index (χ2n) is 8.17. The number of fused-ring (bicyclic) bond motifs is 3. The van der Waals surface area contributed by atoms with Gasteiger partial charge in [-0.2, -0.15) is 5.10 Å². The molecule has 1 aliphatic rings. The molecule has 0 spiro atoms. The van der Waals surface area contributed by atoms with Crippen molar-refractivity contribution in [2.75, 3.05) is 0 Å². The van der Waals surface area contributed by atoms with E-state index in [1.807, 2.05) is 30.3 Å². The molecular formula is C27H22N4. The second-order valence-corrected chi connectivity index (χ2v) is 8.17. The van der Waals surface area contributed by atoms with Crippen LogP contribution in [0, 0.1) is 0 Å². The maximum Gasteiger partial charge on any atom is 0.141 e. The Bertz CT molecular complexity index is 1360. The first kappa shape index (κ1) is 17.9. The molecule has 3 aromatic carbocycles. The van der Waals surface area contributed by atoms with Crippen LogP contribution in [-0.2, 0) is 19.0 Å². The van der Waals surface area contributed by atoms with E-state index in [9.17, 15) is 0 Å². The Morgan fingerprint density at radius 1 is 0.839 bits per heavy atom. The number of nitrogens with zero attached hydrogens (tertiary/aromatic N) is 4. The van der Waals surface area contributed by atoms with Crippen LogP contribution in [0.2, 0.25) is 0 Å². The monoisotopic (exact) mass is 402 g/mol. The summed E-state index contributed by atoms with van der Waals surface area (Å²) in [5.41, 5.74) is 7.03. The van der Waals surface area contributed by atoms with Gasteiger partial charge in [-0.3, -0.25) is 4.68 Å². The van der Waals surface area contributed by atoms with Gasteiger partial charge in [0.05, 0.1) is 6.20 Å². The normalized spacial score (nSPS) is 16.8. The third kappa shape index (κ3) is 2.68. The lowest BCUT2D eigenvalue weighted by atomic mass is 9.78. The third-order valence-electron chi connectivity index (χ3n) is 6.37. The van der Waals surface area contributed by atoms with Gasteiger partial charge in [-0.1, -0.05) is 78.9 Å². The number of hydrogen-bond donors (Lipinski definition) is 0. The SMILES string of the molecule is Cn1cc(-c2ccc(C3(Cc4ccccc4)c4ccccc4-c4nccn43)cc2)cn1. The molecule has 0 bridgehead atoms. The molecule has 4 heteroatoms. The third-order valence-corrected chi connectivity index (χ3v) is 6.37. The highest BCUT2D eigenvalue weighted by molar-refractivity contribution is 5.72. The van der Waals surface area contributed by atoms with Crippen LogP contribution >= 0.6 is 0 Å². The Morgan fingerprint density at radius 3 is 2.39 bits per heavy atom. The lowest BCUT2D eigenvalue weighted by Gasteiger charge is -2.34. The Morgan fingerprint density at radius 2 is 1.61 bits per heavy atom. The van der Waals surface area contributed by atoms with Crippen molar-refractivity contribution in [2.45, 2.75) is 12.0 Å². The van der Waals surface area contributed by atoms with Crippen LogP contribution in [0.3, 0.4) is 0 Å². The molecule has 6 rings (SSSR count). The van der Waals surface area contributed by atoms with E-state index in [0.29, 0.717) is 0 Å². The topological polar surface area (TPSA) is 35.6 Å². The Hall–Kier alpha value is -3.92. The Labute approximate surface area is 181 Å². The van der Waals surface area contributed by atoms with Gasteiger partial charge >= 0.3 is 0 Å². The van der Waals surface area contributed by atoms with Crippen molar-refractivity contribution in [3.63, 3.8) is 0 Å². The number of aromatic nitrogens is 4. The zero-order chi connectivity index (χ0) is 20.8. The molecule has 1 aliphatic heterocycles. The van der Waals surface area contributed by atoms with Gasteiger partial charge < -0.3 is 4.57 Å². The summed E-state index contributed by atoms with van der Waals surface area (Å²) in [5, 5.41) is 4.32. The lowest BCUT2D eigenvalue weighted by Crippen LogP contribution is -2.35. The molecule has 5 aromatic rings. The predicted molar refractivity (Wildman–Crippen MR) is 123 cm³/mol.